The van der Waals surface area contributed by atoms with Crippen molar-refractivity contribution in [1.82, 2.24) is 15.0 Å². The molecule has 0 amide bonds. The smallest absolute Gasteiger partial charge is 0.230 e. The minimum Gasteiger partial charge on any atom is -0.469 e. The zero-order chi connectivity index (χ0) is 14.5. The van der Waals surface area contributed by atoms with Gasteiger partial charge in [-0.05, 0) is 37.1 Å². The Hall–Kier alpha value is -1.82. The number of aryl methyl sites for hydroxylation is 1. The van der Waals surface area contributed by atoms with Crippen LogP contribution < -0.4 is 10.2 Å². The Kier molecular flexibility index (Phi) is 4.79. The Balaban J connectivity index is 1.95. The third-order valence-corrected chi connectivity index (χ3v) is 2.94. The van der Waals surface area contributed by atoms with E-state index in [1.165, 1.54) is 0 Å². The van der Waals surface area contributed by atoms with Crippen LogP contribution in [0, 0.1) is 0 Å². The highest BCUT2D eigenvalue weighted by molar-refractivity contribution is 6.28. The normalized spacial score (nSPS) is 12.2. The number of hydrogen-bond donors (Lipinski definition) is 1. The van der Waals surface area contributed by atoms with Crippen molar-refractivity contribution in [2.45, 2.75) is 25.8 Å². The minimum absolute atomic E-state index is 0.185. The van der Waals surface area contributed by atoms with Gasteiger partial charge in [-0.25, -0.2) is 0 Å². The molecule has 7 heteroatoms. The van der Waals surface area contributed by atoms with Gasteiger partial charge in [0.2, 0.25) is 17.2 Å². The molecule has 2 rings (SSSR count). The Morgan fingerprint density at radius 1 is 1.35 bits per heavy atom. The number of halogens is 1. The van der Waals surface area contributed by atoms with Crippen LogP contribution in [0.15, 0.2) is 22.8 Å². The van der Waals surface area contributed by atoms with Crippen LogP contribution in [0.5, 0.6) is 0 Å². The van der Waals surface area contributed by atoms with Gasteiger partial charge in [0.1, 0.15) is 5.76 Å². The van der Waals surface area contributed by atoms with E-state index in [-0.39, 0.29) is 11.3 Å². The quantitative estimate of drug-likeness (QED) is 0.883. The highest BCUT2D eigenvalue weighted by Gasteiger charge is 2.10. The number of anilines is 2. The van der Waals surface area contributed by atoms with Crippen LogP contribution in [0.2, 0.25) is 5.28 Å². The fourth-order valence-electron chi connectivity index (χ4n) is 1.71. The molecule has 1 atom stereocenters. The molecule has 0 bridgehead atoms. The molecule has 0 aliphatic carbocycles. The molecule has 0 saturated heterocycles. The van der Waals surface area contributed by atoms with E-state index in [9.17, 15) is 0 Å². The summed E-state index contributed by atoms with van der Waals surface area (Å²) < 4.78 is 5.31. The van der Waals surface area contributed by atoms with Crippen molar-refractivity contribution in [2.24, 2.45) is 0 Å². The maximum absolute atomic E-state index is 5.89. The molecule has 20 heavy (non-hydrogen) atoms. The first-order chi connectivity index (χ1) is 9.54. The molecule has 2 aromatic rings. The second kappa shape index (κ2) is 6.56. The molecule has 6 nitrogen and oxygen atoms in total. The van der Waals surface area contributed by atoms with E-state index < -0.39 is 0 Å². The summed E-state index contributed by atoms with van der Waals surface area (Å²) >= 11 is 5.89. The van der Waals surface area contributed by atoms with Crippen molar-refractivity contribution >= 4 is 23.5 Å². The molecular formula is C13H18ClN5O. The summed E-state index contributed by atoms with van der Waals surface area (Å²) in [6.45, 7) is 2.07. The molecule has 1 N–H and O–H groups in total. The van der Waals surface area contributed by atoms with Crippen LogP contribution in [-0.4, -0.2) is 35.1 Å². The van der Waals surface area contributed by atoms with E-state index in [1.807, 2.05) is 26.2 Å². The van der Waals surface area contributed by atoms with Gasteiger partial charge in [-0.15, -0.1) is 0 Å². The summed E-state index contributed by atoms with van der Waals surface area (Å²) in [5.41, 5.74) is 0. The summed E-state index contributed by atoms with van der Waals surface area (Å²) in [5.74, 6) is 1.99. The molecule has 108 valence electrons. The molecule has 0 aromatic carbocycles. The maximum atomic E-state index is 5.89. The van der Waals surface area contributed by atoms with Crippen LogP contribution >= 0.6 is 11.6 Å². The first kappa shape index (κ1) is 14.6. The average molecular weight is 296 g/mol. The summed E-state index contributed by atoms with van der Waals surface area (Å²) in [6.07, 6.45) is 3.46. The van der Waals surface area contributed by atoms with Gasteiger partial charge in [-0.3, -0.25) is 0 Å². The van der Waals surface area contributed by atoms with Crippen molar-refractivity contribution < 1.29 is 4.42 Å². The molecule has 0 radical (unpaired) electrons. The third-order valence-electron chi connectivity index (χ3n) is 2.78. The number of aromatic nitrogens is 3. The molecule has 0 fully saturated rings. The predicted molar refractivity (Wildman–Crippen MR) is 79.3 cm³/mol. The molecule has 2 aromatic heterocycles. The molecule has 0 aliphatic rings. The average Bonchev–Trinajstić information content (AvgIpc) is 2.88. The lowest BCUT2D eigenvalue weighted by atomic mass is 10.1. The Morgan fingerprint density at radius 3 is 2.80 bits per heavy atom. The lowest BCUT2D eigenvalue weighted by Gasteiger charge is -2.15. The van der Waals surface area contributed by atoms with E-state index in [1.54, 1.807) is 11.2 Å². The summed E-state index contributed by atoms with van der Waals surface area (Å²) in [7, 11) is 3.71. The Labute approximate surface area is 123 Å². The van der Waals surface area contributed by atoms with Gasteiger partial charge in [0.15, 0.2) is 0 Å². The zero-order valence-corrected chi connectivity index (χ0v) is 12.6. The van der Waals surface area contributed by atoms with Gasteiger partial charge in [-0.2, -0.15) is 15.0 Å². The molecule has 0 saturated carbocycles. The van der Waals surface area contributed by atoms with Crippen LogP contribution in [0.1, 0.15) is 19.1 Å². The van der Waals surface area contributed by atoms with Crippen molar-refractivity contribution in [3.05, 3.63) is 29.4 Å². The van der Waals surface area contributed by atoms with Crippen LogP contribution in [0.25, 0.3) is 0 Å². The van der Waals surface area contributed by atoms with Crippen LogP contribution in [0.4, 0.5) is 11.9 Å². The molecule has 0 spiro atoms. The number of nitrogens with one attached hydrogen (secondary N) is 1. The number of nitrogens with zero attached hydrogens (tertiary/aromatic N) is 4. The van der Waals surface area contributed by atoms with Crippen LogP contribution in [0.3, 0.4) is 0 Å². The molecule has 2 heterocycles. The summed E-state index contributed by atoms with van der Waals surface area (Å²) in [6, 6.07) is 4.06. The third kappa shape index (κ3) is 4.09. The minimum atomic E-state index is 0.185. The highest BCUT2D eigenvalue weighted by atomic mass is 35.5. The second-order valence-electron chi connectivity index (χ2n) is 4.79. The molecule has 0 aliphatic heterocycles. The van der Waals surface area contributed by atoms with Crippen molar-refractivity contribution in [3.63, 3.8) is 0 Å². The number of rotatable bonds is 6. The van der Waals surface area contributed by atoms with Crippen molar-refractivity contribution in [1.29, 1.82) is 0 Å². The van der Waals surface area contributed by atoms with Crippen molar-refractivity contribution in [3.8, 4) is 0 Å². The van der Waals surface area contributed by atoms with E-state index in [4.69, 9.17) is 16.0 Å². The molecular weight excluding hydrogens is 278 g/mol. The lowest BCUT2D eigenvalue weighted by molar-refractivity contribution is 0.494. The largest absolute Gasteiger partial charge is 0.469 e. The second-order valence-corrected chi connectivity index (χ2v) is 5.12. The van der Waals surface area contributed by atoms with Gasteiger partial charge >= 0.3 is 0 Å². The molecule has 1 unspecified atom stereocenters. The number of hydrogen-bond acceptors (Lipinski definition) is 6. The van der Waals surface area contributed by atoms with E-state index in [0.717, 1.165) is 18.6 Å². The van der Waals surface area contributed by atoms with Crippen LogP contribution in [-0.2, 0) is 6.42 Å². The zero-order valence-electron chi connectivity index (χ0n) is 11.8. The van der Waals surface area contributed by atoms with Gasteiger partial charge in [0, 0.05) is 26.6 Å². The Bertz CT molecular complexity index is 544. The highest BCUT2D eigenvalue weighted by Crippen LogP contribution is 2.14. The fraction of sp³-hybridized carbons (Fsp3) is 0.462. The van der Waals surface area contributed by atoms with Gasteiger partial charge in [0.25, 0.3) is 0 Å². The summed E-state index contributed by atoms with van der Waals surface area (Å²) in [5, 5.41) is 3.41. The topological polar surface area (TPSA) is 67.1 Å². The van der Waals surface area contributed by atoms with Crippen molar-refractivity contribution in [2.75, 3.05) is 24.3 Å². The maximum Gasteiger partial charge on any atom is 0.230 e. The predicted octanol–water partition coefficient (Wildman–Crippen LogP) is 2.62. The Morgan fingerprint density at radius 2 is 2.15 bits per heavy atom. The van der Waals surface area contributed by atoms with Gasteiger partial charge < -0.3 is 14.6 Å². The van der Waals surface area contributed by atoms with Gasteiger partial charge in [-0.1, -0.05) is 0 Å². The van der Waals surface area contributed by atoms with E-state index in [2.05, 4.69) is 27.2 Å². The first-order valence-corrected chi connectivity index (χ1v) is 6.80. The standard InChI is InChI=1S/C13H18ClN5O/c1-9(6-7-10-5-4-8-20-10)15-12-16-11(14)17-13(18-12)19(2)3/h4-5,8-9H,6-7H2,1-3H3,(H,15,16,17,18). The SMILES string of the molecule is CC(CCc1ccco1)Nc1nc(Cl)nc(N(C)C)n1. The lowest BCUT2D eigenvalue weighted by Crippen LogP contribution is -2.20. The summed E-state index contributed by atoms with van der Waals surface area (Å²) in [4.78, 5) is 14.2. The monoisotopic (exact) mass is 295 g/mol. The fourth-order valence-corrected chi connectivity index (χ4v) is 1.87. The number of furan rings is 1. The van der Waals surface area contributed by atoms with E-state index >= 15 is 0 Å². The van der Waals surface area contributed by atoms with Gasteiger partial charge in [0.05, 0.1) is 6.26 Å². The first-order valence-electron chi connectivity index (χ1n) is 6.42. The van der Waals surface area contributed by atoms with E-state index in [0.29, 0.717) is 11.9 Å².